The van der Waals surface area contributed by atoms with Gasteiger partial charge < -0.3 is 19.3 Å². The molecule has 1 fully saturated rings. The number of rotatable bonds is 5. The van der Waals surface area contributed by atoms with Gasteiger partial charge in [0.1, 0.15) is 17.0 Å². The van der Waals surface area contributed by atoms with E-state index in [1.54, 1.807) is 38.1 Å². The first kappa shape index (κ1) is 16.8. The van der Waals surface area contributed by atoms with Crippen molar-refractivity contribution in [3.63, 3.8) is 0 Å². The summed E-state index contributed by atoms with van der Waals surface area (Å²) in [6.07, 6.45) is 0. The van der Waals surface area contributed by atoms with Crippen LogP contribution in [0, 0.1) is 6.92 Å². The predicted molar refractivity (Wildman–Crippen MR) is 87.2 cm³/mol. The maximum atomic E-state index is 12.9. The molecule has 3 amide bonds. The van der Waals surface area contributed by atoms with Crippen LogP contribution >= 0.6 is 0 Å². The summed E-state index contributed by atoms with van der Waals surface area (Å²) in [6, 6.07) is 6.31. The number of ether oxygens (including phenoxy) is 2. The van der Waals surface area contributed by atoms with Crippen molar-refractivity contribution in [2.24, 2.45) is 0 Å². The van der Waals surface area contributed by atoms with Crippen molar-refractivity contribution in [2.75, 3.05) is 14.2 Å². The van der Waals surface area contributed by atoms with E-state index in [9.17, 15) is 9.59 Å². The summed E-state index contributed by atoms with van der Waals surface area (Å²) in [5.74, 6) is 1.27. The Morgan fingerprint density at radius 3 is 2.52 bits per heavy atom. The average Bonchev–Trinajstić information content (AvgIpc) is 3.11. The zero-order chi connectivity index (χ0) is 18.2. The first-order valence-corrected chi connectivity index (χ1v) is 7.68. The molecule has 2 heterocycles. The van der Waals surface area contributed by atoms with Gasteiger partial charge in [0.2, 0.25) is 0 Å². The Bertz CT molecular complexity index is 831. The highest BCUT2D eigenvalue weighted by Gasteiger charge is 2.49. The molecule has 1 aromatic heterocycles. The Morgan fingerprint density at radius 1 is 1.20 bits per heavy atom. The maximum absolute atomic E-state index is 12.9. The van der Waals surface area contributed by atoms with Crippen LogP contribution in [0.5, 0.6) is 11.5 Å². The van der Waals surface area contributed by atoms with E-state index in [1.165, 1.54) is 14.2 Å². The summed E-state index contributed by atoms with van der Waals surface area (Å²) in [6.45, 7) is 3.45. The summed E-state index contributed by atoms with van der Waals surface area (Å²) in [5, 5.41) is 6.58. The van der Waals surface area contributed by atoms with Crippen LogP contribution in [0.25, 0.3) is 0 Å². The van der Waals surface area contributed by atoms with Gasteiger partial charge in [0.25, 0.3) is 5.91 Å². The summed E-state index contributed by atoms with van der Waals surface area (Å²) >= 11 is 0. The molecular formula is C17H19N3O5. The lowest BCUT2D eigenvalue weighted by atomic mass is 9.91. The third-order valence-corrected chi connectivity index (χ3v) is 4.23. The average molecular weight is 345 g/mol. The van der Waals surface area contributed by atoms with Gasteiger partial charge in [-0.1, -0.05) is 11.2 Å². The van der Waals surface area contributed by atoms with Crippen LogP contribution in [0.2, 0.25) is 0 Å². The molecule has 1 aromatic carbocycles. The lowest BCUT2D eigenvalue weighted by Gasteiger charge is -2.23. The summed E-state index contributed by atoms with van der Waals surface area (Å²) in [5.41, 5.74) is -0.0880. The van der Waals surface area contributed by atoms with Crippen LogP contribution in [-0.4, -0.2) is 36.2 Å². The molecule has 0 aliphatic carbocycles. The van der Waals surface area contributed by atoms with Crippen molar-refractivity contribution in [2.45, 2.75) is 25.9 Å². The fraction of sp³-hybridized carbons (Fsp3) is 0.353. The zero-order valence-corrected chi connectivity index (χ0v) is 14.5. The Morgan fingerprint density at radius 2 is 1.92 bits per heavy atom. The summed E-state index contributed by atoms with van der Waals surface area (Å²) in [4.78, 5) is 26.4. The minimum Gasteiger partial charge on any atom is -0.493 e. The van der Waals surface area contributed by atoms with E-state index < -0.39 is 11.6 Å². The molecule has 2 aromatic rings. The second-order valence-corrected chi connectivity index (χ2v) is 5.95. The smallest absolute Gasteiger partial charge is 0.325 e. The normalized spacial score (nSPS) is 19.9. The van der Waals surface area contributed by atoms with E-state index >= 15 is 0 Å². The van der Waals surface area contributed by atoms with E-state index in [0.29, 0.717) is 28.5 Å². The van der Waals surface area contributed by atoms with Gasteiger partial charge in [0.05, 0.1) is 20.8 Å². The predicted octanol–water partition coefficient (Wildman–Crippen LogP) is 1.97. The highest BCUT2D eigenvalue weighted by Crippen LogP contribution is 2.35. The quantitative estimate of drug-likeness (QED) is 0.833. The molecule has 0 spiro atoms. The zero-order valence-electron chi connectivity index (χ0n) is 14.5. The van der Waals surface area contributed by atoms with Crippen molar-refractivity contribution in [1.82, 2.24) is 15.4 Å². The highest BCUT2D eigenvalue weighted by atomic mass is 16.5. The minimum atomic E-state index is -1.20. The van der Waals surface area contributed by atoms with Gasteiger partial charge in [0, 0.05) is 6.07 Å². The minimum absolute atomic E-state index is 0.0465. The van der Waals surface area contributed by atoms with Gasteiger partial charge in [-0.2, -0.15) is 0 Å². The van der Waals surface area contributed by atoms with Crippen LogP contribution < -0.4 is 14.8 Å². The standard InChI is InChI=1S/C17H19N3O5/c1-10-7-12(19-25-10)9-20-15(21)17(2,18-16(20)22)11-5-6-13(23-3)14(8-11)24-4/h5-8H,9H2,1-4H3,(H,18,22)/t17-/m1/s1. The molecule has 1 saturated heterocycles. The van der Waals surface area contributed by atoms with Gasteiger partial charge >= 0.3 is 6.03 Å². The fourth-order valence-electron chi connectivity index (χ4n) is 2.84. The number of imide groups is 1. The van der Waals surface area contributed by atoms with Crippen molar-refractivity contribution < 1.29 is 23.6 Å². The Kier molecular flexibility index (Phi) is 4.12. The topological polar surface area (TPSA) is 93.9 Å². The molecule has 1 atom stereocenters. The van der Waals surface area contributed by atoms with Gasteiger partial charge in [-0.05, 0) is 31.5 Å². The SMILES string of the molecule is COc1ccc([C@@]2(C)NC(=O)N(Cc3cc(C)on3)C2=O)cc1OC. The number of benzene rings is 1. The van der Waals surface area contributed by atoms with Crippen LogP contribution in [0.4, 0.5) is 4.79 Å². The van der Waals surface area contributed by atoms with Crippen LogP contribution in [0.15, 0.2) is 28.8 Å². The number of nitrogens with zero attached hydrogens (tertiary/aromatic N) is 2. The molecule has 1 aliphatic heterocycles. The van der Waals surface area contributed by atoms with Crippen molar-refractivity contribution in [1.29, 1.82) is 0 Å². The van der Waals surface area contributed by atoms with E-state index in [0.717, 1.165) is 4.90 Å². The number of methoxy groups -OCH3 is 2. The lowest BCUT2D eigenvalue weighted by molar-refractivity contribution is -0.131. The van der Waals surface area contributed by atoms with Crippen molar-refractivity contribution in [3.05, 3.63) is 41.3 Å². The lowest BCUT2D eigenvalue weighted by Crippen LogP contribution is -2.40. The summed E-state index contributed by atoms with van der Waals surface area (Å²) < 4.78 is 15.5. The van der Waals surface area contributed by atoms with Gasteiger partial charge in [-0.3, -0.25) is 9.69 Å². The number of hydrogen-bond donors (Lipinski definition) is 1. The molecule has 0 radical (unpaired) electrons. The largest absolute Gasteiger partial charge is 0.493 e. The van der Waals surface area contributed by atoms with Crippen molar-refractivity contribution in [3.8, 4) is 11.5 Å². The van der Waals surface area contributed by atoms with E-state index in [1.807, 2.05) is 0 Å². The second kappa shape index (κ2) is 6.12. The number of aromatic nitrogens is 1. The Labute approximate surface area is 144 Å². The molecule has 25 heavy (non-hydrogen) atoms. The first-order chi connectivity index (χ1) is 11.9. The number of nitrogens with one attached hydrogen (secondary N) is 1. The third-order valence-electron chi connectivity index (χ3n) is 4.23. The molecule has 8 heteroatoms. The number of aryl methyl sites for hydroxylation is 1. The molecule has 0 saturated carbocycles. The molecule has 1 N–H and O–H groups in total. The molecule has 0 unspecified atom stereocenters. The second-order valence-electron chi connectivity index (χ2n) is 5.95. The van der Waals surface area contributed by atoms with Gasteiger partial charge in [-0.15, -0.1) is 0 Å². The highest BCUT2D eigenvalue weighted by molar-refractivity contribution is 6.07. The molecule has 0 bridgehead atoms. The molecule has 132 valence electrons. The van der Waals surface area contributed by atoms with Gasteiger partial charge in [0.15, 0.2) is 11.5 Å². The monoisotopic (exact) mass is 345 g/mol. The first-order valence-electron chi connectivity index (χ1n) is 7.68. The Balaban J connectivity index is 1.91. The summed E-state index contributed by atoms with van der Waals surface area (Å²) in [7, 11) is 3.04. The van der Waals surface area contributed by atoms with Crippen LogP contribution in [-0.2, 0) is 16.9 Å². The van der Waals surface area contributed by atoms with Crippen LogP contribution in [0.1, 0.15) is 23.9 Å². The van der Waals surface area contributed by atoms with Gasteiger partial charge in [-0.25, -0.2) is 4.79 Å². The molecule has 3 rings (SSSR count). The maximum Gasteiger partial charge on any atom is 0.325 e. The van der Waals surface area contributed by atoms with Crippen LogP contribution in [0.3, 0.4) is 0 Å². The number of amides is 3. The third kappa shape index (κ3) is 2.79. The fourth-order valence-corrected chi connectivity index (χ4v) is 2.84. The molecular weight excluding hydrogens is 326 g/mol. The molecule has 8 nitrogen and oxygen atoms in total. The number of urea groups is 1. The number of hydrogen-bond acceptors (Lipinski definition) is 6. The van der Waals surface area contributed by atoms with E-state index in [4.69, 9.17) is 14.0 Å². The Hall–Kier alpha value is -3.03. The number of carbonyl (C=O) groups excluding carboxylic acids is 2. The van der Waals surface area contributed by atoms with E-state index in [-0.39, 0.29) is 12.5 Å². The number of carbonyl (C=O) groups is 2. The van der Waals surface area contributed by atoms with E-state index in [2.05, 4.69) is 10.5 Å². The molecule has 1 aliphatic rings. The van der Waals surface area contributed by atoms with Crippen molar-refractivity contribution >= 4 is 11.9 Å².